The van der Waals surface area contributed by atoms with E-state index in [0.717, 1.165) is 59.4 Å². The molecule has 0 spiro atoms. The third-order valence-electron chi connectivity index (χ3n) is 6.05. The number of ether oxygens (including phenoxy) is 1. The van der Waals surface area contributed by atoms with Gasteiger partial charge in [0.05, 0.1) is 30.3 Å². The molecule has 1 fully saturated rings. The molecule has 1 aliphatic carbocycles. The first-order valence-corrected chi connectivity index (χ1v) is 10.8. The quantitative estimate of drug-likeness (QED) is 0.486. The average molecular weight is 423 g/mol. The van der Waals surface area contributed by atoms with Crippen LogP contribution in [0.25, 0.3) is 11.0 Å². The van der Waals surface area contributed by atoms with Gasteiger partial charge >= 0.3 is 6.03 Å². The van der Waals surface area contributed by atoms with E-state index in [0.29, 0.717) is 6.42 Å². The number of methoxy groups -OCH3 is 1. The number of aromatic nitrogens is 2. The lowest BCUT2D eigenvalue weighted by molar-refractivity contribution is 0.117. The number of amides is 2. The lowest BCUT2D eigenvalue weighted by Crippen LogP contribution is -2.45. The number of para-hydroxylation sites is 2. The van der Waals surface area contributed by atoms with Gasteiger partial charge in [-0.15, -0.1) is 0 Å². The minimum atomic E-state index is -0.311. The van der Waals surface area contributed by atoms with Gasteiger partial charge in [0.1, 0.15) is 11.6 Å². The number of carbonyl (C=O) groups is 1. The highest BCUT2D eigenvalue weighted by atomic mass is 16.5. The first kappa shape index (κ1) is 21.2. The van der Waals surface area contributed by atoms with Crippen molar-refractivity contribution in [3.05, 3.63) is 59.4 Å². The number of aromatic amines is 1. The molecule has 0 saturated heterocycles. The number of rotatable bonds is 6. The summed E-state index contributed by atoms with van der Waals surface area (Å²) in [6.07, 6.45) is 3.39. The van der Waals surface area contributed by atoms with Gasteiger partial charge in [-0.2, -0.15) is 0 Å². The van der Waals surface area contributed by atoms with Crippen molar-refractivity contribution in [1.29, 1.82) is 0 Å². The van der Waals surface area contributed by atoms with E-state index in [9.17, 15) is 9.90 Å². The maximum absolute atomic E-state index is 12.8. The number of fused-ring (bicyclic) bond motifs is 1. The van der Waals surface area contributed by atoms with Crippen molar-refractivity contribution in [2.45, 2.75) is 57.2 Å². The highest BCUT2D eigenvalue weighted by molar-refractivity contribution is 5.76. The van der Waals surface area contributed by atoms with Gasteiger partial charge in [0.25, 0.3) is 0 Å². The van der Waals surface area contributed by atoms with Crippen LogP contribution in [0.15, 0.2) is 42.5 Å². The van der Waals surface area contributed by atoms with Crippen LogP contribution < -0.4 is 15.4 Å². The van der Waals surface area contributed by atoms with Crippen molar-refractivity contribution >= 4 is 17.1 Å². The third kappa shape index (κ3) is 5.17. The fourth-order valence-electron chi connectivity index (χ4n) is 4.20. The molecule has 0 radical (unpaired) electrons. The van der Waals surface area contributed by atoms with Gasteiger partial charge in [-0.05, 0) is 68.0 Å². The summed E-state index contributed by atoms with van der Waals surface area (Å²) in [6, 6.07) is 13.4. The lowest BCUT2D eigenvalue weighted by Gasteiger charge is -2.27. The Kier molecular flexibility index (Phi) is 6.42. The first-order chi connectivity index (χ1) is 15.0. The molecule has 1 saturated carbocycles. The highest BCUT2D eigenvalue weighted by Crippen LogP contribution is 2.24. The molecule has 2 aromatic carbocycles. The number of benzene rings is 2. The normalized spacial score (nSPS) is 19.7. The number of hydrogen-bond acceptors (Lipinski definition) is 4. The highest BCUT2D eigenvalue weighted by Gasteiger charge is 2.24. The second-order valence-corrected chi connectivity index (χ2v) is 8.31. The molecule has 1 aromatic heterocycles. The van der Waals surface area contributed by atoms with Crippen LogP contribution in [-0.4, -0.2) is 40.4 Å². The predicted molar refractivity (Wildman–Crippen MR) is 120 cm³/mol. The van der Waals surface area contributed by atoms with Crippen molar-refractivity contribution in [3.8, 4) is 5.75 Å². The Morgan fingerprint density at radius 1 is 1.23 bits per heavy atom. The summed E-state index contributed by atoms with van der Waals surface area (Å²) in [5.41, 5.74) is 4.03. The Bertz CT molecular complexity index is 1010. The molecule has 0 aliphatic heterocycles. The summed E-state index contributed by atoms with van der Waals surface area (Å²) in [6.45, 7) is 2.04. The Morgan fingerprint density at radius 3 is 2.71 bits per heavy atom. The second-order valence-electron chi connectivity index (χ2n) is 8.31. The monoisotopic (exact) mass is 422 g/mol. The molecule has 4 N–H and O–H groups in total. The van der Waals surface area contributed by atoms with Gasteiger partial charge < -0.3 is 25.5 Å². The zero-order valence-corrected chi connectivity index (χ0v) is 18.0. The van der Waals surface area contributed by atoms with Crippen LogP contribution in [-0.2, 0) is 6.42 Å². The van der Waals surface area contributed by atoms with E-state index in [2.05, 4.69) is 15.6 Å². The van der Waals surface area contributed by atoms with Gasteiger partial charge in [-0.25, -0.2) is 9.78 Å². The standard InChI is InChI=1S/C24H30N4O3/c1-15-13-19(31-2)12-7-16(15)14-22(23-26-20-5-3-4-6-21(20)27-23)28-24(30)25-17-8-10-18(29)11-9-17/h3-7,12-13,17-18,22,29H,8-11,14H2,1-2H3,(H,26,27)(H2,25,28,30)/t17-,18-,22-/m1/s1. The van der Waals surface area contributed by atoms with E-state index < -0.39 is 0 Å². The SMILES string of the molecule is COc1ccc(C[C@@H](NC(=O)N[C@H]2CC[C@H](O)CC2)c2nc3ccccc3[nH]2)c(C)c1. The Balaban J connectivity index is 1.54. The van der Waals surface area contributed by atoms with Crippen molar-refractivity contribution in [2.75, 3.05) is 7.11 Å². The van der Waals surface area contributed by atoms with Crippen LogP contribution in [0, 0.1) is 6.92 Å². The number of hydrogen-bond donors (Lipinski definition) is 4. The van der Waals surface area contributed by atoms with Crippen LogP contribution in [0.2, 0.25) is 0 Å². The molecule has 31 heavy (non-hydrogen) atoms. The van der Waals surface area contributed by atoms with Crippen molar-refractivity contribution in [2.24, 2.45) is 0 Å². The molecule has 0 unspecified atom stereocenters. The maximum Gasteiger partial charge on any atom is 0.315 e. The van der Waals surface area contributed by atoms with Gasteiger partial charge in [0, 0.05) is 12.5 Å². The number of aryl methyl sites for hydroxylation is 1. The number of aliphatic hydroxyl groups is 1. The summed E-state index contributed by atoms with van der Waals surface area (Å²) >= 11 is 0. The van der Waals surface area contributed by atoms with E-state index in [1.807, 2.05) is 49.4 Å². The molecule has 1 atom stereocenters. The number of nitrogens with one attached hydrogen (secondary N) is 3. The van der Waals surface area contributed by atoms with Gasteiger partial charge in [0.2, 0.25) is 0 Å². The summed E-state index contributed by atoms with van der Waals surface area (Å²) in [4.78, 5) is 20.9. The minimum Gasteiger partial charge on any atom is -0.497 e. The van der Waals surface area contributed by atoms with Gasteiger partial charge in [-0.3, -0.25) is 0 Å². The van der Waals surface area contributed by atoms with Gasteiger partial charge in [-0.1, -0.05) is 18.2 Å². The fourth-order valence-corrected chi connectivity index (χ4v) is 4.20. The Morgan fingerprint density at radius 2 is 2.00 bits per heavy atom. The number of urea groups is 1. The summed E-state index contributed by atoms with van der Waals surface area (Å²) in [5.74, 6) is 1.54. The number of imidazole rings is 1. The fraction of sp³-hybridized carbons (Fsp3) is 0.417. The zero-order valence-electron chi connectivity index (χ0n) is 18.0. The maximum atomic E-state index is 12.8. The molecular weight excluding hydrogens is 392 g/mol. The third-order valence-corrected chi connectivity index (χ3v) is 6.05. The predicted octanol–water partition coefficient (Wildman–Crippen LogP) is 3.77. The molecule has 1 heterocycles. The average Bonchev–Trinajstić information content (AvgIpc) is 3.20. The second kappa shape index (κ2) is 9.39. The van der Waals surface area contributed by atoms with Crippen LogP contribution in [0.3, 0.4) is 0 Å². The number of aliphatic hydroxyl groups excluding tert-OH is 1. The Hall–Kier alpha value is -3.06. The molecule has 164 valence electrons. The van der Waals surface area contributed by atoms with Crippen molar-refractivity contribution in [1.82, 2.24) is 20.6 Å². The van der Waals surface area contributed by atoms with Crippen LogP contribution in [0.4, 0.5) is 4.79 Å². The molecule has 3 aromatic rings. The summed E-state index contributed by atoms with van der Waals surface area (Å²) < 4.78 is 5.32. The van der Waals surface area contributed by atoms with Gasteiger partial charge in [0.15, 0.2) is 0 Å². The molecular formula is C24H30N4O3. The molecule has 4 rings (SSSR count). The number of H-pyrrole nitrogens is 1. The van der Waals surface area contributed by atoms with E-state index in [1.165, 1.54) is 0 Å². The van der Waals surface area contributed by atoms with E-state index in [1.54, 1.807) is 7.11 Å². The number of nitrogens with zero attached hydrogens (tertiary/aromatic N) is 1. The van der Waals surface area contributed by atoms with Crippen LogP contribution in [0.1, 0.15) is 48.7 Å². The topological polar surface area (TPSA) is 99.3 Å². The smallest absolute Gasteiger partial charge is 0.315 e. The molecule has 1 aliphatic rings. The molecule has 7 heteroatoms. The van der Waals surface area contributed by atoms with Crippen molar-refractivity contribution < 1.29 is 14.6 Å². The summed E-state index contributed by atoms with van der Waals surface area (Å²) in [7, 11) is 1.65. The molecule has 0 bridgehead atoms. The van der Waals surface area contributed by atoms with Crippen LogP contribution >= 0.6 is 0 Å². The zero-order chi connectivity index (χ0) is 21.8. The summed E-state index contributed by atoms with van der Waals surface area (Å²) in [5, 5.41) is 15.9. The largest absolute Gasteiger partial charge is 0.497 e. The first-order valence-electron chi connectivity index (χ1n) is 10.8. The van der Waals surface area contributed by atoms with E-state index in [-0.39, 0.29) is 24.2 Å². The molecule has 7 nitrogen and oxygen atoms in total. The number of carbonyl (C=O) groups excluding carboxylic acids is 1. The minimum absolute atomic E-state index is 0.0856. The van der Waals surface area contributed by atoms with E-state index >= 15 is 0 Å². The Labute approximate surface area is 182 Å². The van der Waals surface area contributed by atoms with Crippen LogP contribution in [0.5, 0.6) is 5.75 Å². The van der Waals surface area contributed by atoms with Crippen molar-refractivity contribution in [3.63, 3.8) is 0 Å². The lowest BCUT2D eigenvalue weighted by atomic mass is 9.93. The molecule has 2 amide bonds. The van der Waals surface area contributed by atoms with E-state index in [4.69, 9.17) is 9.72 Å².